The molecule has 0 atom stereocenters. The van der Waals surface area contributed by atoms with Crippen LogP contribution in [0.2, 0.25) is 0 Å². The molecule has 174 valence electrons. The Hall–Kier alpha value is -2.39. The van der Waals surface area contributed by atoms with Gasteiger partial charge in [-0.15, -0.1) is 0 Å². The number of halogens is 1. The maximum absolute atomic E-state index is 14.1. The Kier molecular flexibility index (Phi) is 6.31. The second-order valence-electron chi connectivity index (χ2n) is 8.90. The number of sulfonamides is 1. The third kappa shape index (κ3) is 4.15. The molecular formula is C23H31FN4O3S. The van der Waals surface area contributed by atoms with E-state index in [1.54, 1.807) is 36.9 Å². The minimum atomic E-state index is -3.66. The molecule has 0 aliphatic carbocycles. The highest BCUT2D eigenvalue weighted by Gasteiger charge is 2.34. The number of piperazine rings is 1. The largest absolute Gasteiger partial charge is 0.366 e. The first-order valence-electron chi connectivity index (χ1n) is 11.2. The predicted octanol–water partition coefficient (Wildman–Crippen LogP) is 3.15. The second kappa shape index (κ2) is 8.86. The van der Waals surface area contributed by atoms with Crippen LogP contribution in [0.1, 0.15) is 41.5 Å². The number of rotatable bonds is 4. The summed E-state index contributed by atoms with van der Waals surface area (Å²) in [4.78, 5) is 20.1. The van der Waals surface area contributed by atoms with Crippen molar-refractivity contribution >= 4 is 21.6 Å². The number of H-pyrrole nitrogens is 1. The summed E-state index contributed by atoms with van der Waals surface area (Å²) in [6.07, 6.45) is 1.69. The van der Waals surface area contributed by atoms with E-state index < -0.39 is 10.0 Å². The normalized spacial score (nSPS) is 18.9. The van der Waals surface area contributed by atoms with Gasteiger partial charge >= 0.3 is 0 Å². The number of hydrogen-bond donors (Lipinski definition) is 1. The fraction of sp³-hybridized carbons (Fsp3) is 0.522. The first kappa shape index (κ1) is 22.8. The lowest BCUT2D eigenvalue weighted by Gasteiger charge is -2.36. The first-order chi connectivity index (χ1) is 15.2. The summed E-state index contributed by atoms with van der Waals surface area (Å²) in [6.45, 7) is 8.48. The fourth-order valence-electron chi connectivity index (χ4n) is 4.70. The molecule has 2 saturated heterocycles. The first-order valence-corrected chi connectivity index (χ1v) is 12.6. The number of aromatic nitrogens is 1. The van der Waals surface area contributed by atoms with Crippen LogP contribution in [0.4, 0.5) is 10.1 Å². The molecule has 0 saturated carbocycles. The summed E-state index contributed by atoms with van der Waals surface area (Å²) in [6, 6.07) is 6.63. The van der Waals surface area contributed by atoms with Crippen LogP contribution in [0, 0.1) is 25.6 Å². The van der Waals surface area contributed by atoms with Gasteiger partial charge in [-0.1, -0.05) is 19.1 Å². The molecule has 2 fully saturated rings. The maximum Gasteiger partial charge on any atom is 0.270 e. The Labute approximate surface area is 189 Å². The number of benzene rings is 1. The zero-order valence-corrected chi connectivity index (χ0v) is 19.7. The molecule has 0 bridgehead atoms. The van der Waals surface area contributed by atoms with E-state index >= 15 is 0 Å². The Morgan fingerprint density at radius 3 is 2.28 bits per heavy atom. The molecule has 2 aliphatic rings. The Morgan fingerprint density at radius 2 is 1.66 bits per heavy atom. The van der Waals surface area contributed by atoms with Crippen LogP contribution in [0.3, 0.4) is 0 Å². The van der Waals surface area contributed by atoms with E-state index in [0.29, 0.717) is 67.8 Å². The van der Waals surface area contributed by atoms with Crippen molar-refractivity contribution in [3.8, 4) is 0 Å². The molecule has 2 aliphatic heterocycles. The van der Waals surface area contributed by atoms with Crippen LogP contribution < -0.4 is 4.90 Å². The number of carbonyl (C=O) groups is 1. The average molecular weight is 463 g/mol. The number of carbonyl (C=O) groups excluding carboxylic acids is 1. The molecule has 0 unspecified atom stereocenters. The van der Waals surface area contributed by atoms with Gasteiger partial charge in [0.15, 0.2) is 0 Å². The topological polar surface area (TPSA) is 76.7 Å². The number of anilines is 1. The summed E-state index contributed by atoms with van der Waals surface area (Å²) >= 11 is 0. The van der Waals surface area contributed by atoms with Crippen molar-refractivity contribution in [1.82, 2.24) is 14.2 Å². The van der Waals surface area contributed by atoms with Crippen LogP contribution in [-0.4, -0.2) is 67.8 Å². The van der Waals surface area contributed by atoms with E-state index in [-0.39, 0.29) is 16.6 Å². The molecule has 1 N–H and O–H groups in total. The van der Waals surface area contributed by atoms with Crippen LogP contribution in [0.5, 0.6) is 0 Å². The van der Waals surface area contributed by atoms with Crippen LogP contribution in [0.15, 0.2) is 29.2 Å². The highest BCUT2D eigenvalue weighted by Crippen LogP contribution is 2.30. The SMILES string of the molecule is Cc1[nH]c(C(=O)N2CCN(c3ccccc3F)CC2)c(C)c1S(=O)(=O)N1CCC(C)CC1. The number of nitrogens with one attached hydrogen (secondary N) is 1. The molecule has 9 heteroatoms. The van der Waals surface area contributed by atoms with Crippen molar-refractivity contribution in [2.45, 2.75) is 38.5 Å². The summed E-state index contributed by atoms with van der Waals surface area (Å²) in [7, 11) is -3.66. The van der Waals surface area contributed by atoms with Gasteiger partial charge in [0.05, 0.1) is 5.69 Å². The molecule has 0 spiro atoms. The molecule has 32 heavy (non-hydrogen) atoms. The van der Waals surface area contributed by atoms with Gasteiger partial charge in [0, 0.05) is 45.0 Å². The van der Waals surface area contributed by atoms with Crippen molar-refractivity contribution in [2.24, 2.45) is 5.92 Å². The smallest absolute Gasteiger partial charge is 0.270 e. The predicted molar refractivity (Wildman–Crippen MR) is 122 cm³/mol. The number of nitrogens with zero attached hydrogens (tertiary/aromatic N) is 3. The fourth-order valence-corrected chi connectivity index (χ4v) is 6.58. The summed E-state index contributed by atoms with van der Waals surface area (Å²) in [5.41, 5.74) is 1.83. The van der Waals surface area contributed by atoms with Crippen LogP contribution in [0.25, 0.3) is 0 Å². The van der Waals surface area contributed by atoms with E-state index in [1.807, 2.05) is 4.90 Å². The van der Waals surface area contributed by atoms with Gasteiger partial charge in [-0.2, -0.15) is 4.31 Å². The van der Waals surface area contributed by atoms with E-state index in [0.717, 1.165) is 12.8 Å². The quantitative estimate of drug-likeness (QED) is 0.757. The van der Waals surface area contributed by atoms with Crippen LogP contribution in [-0.2, 0) is 10.0 Å². The number of aromatic amines is 1. The number of hydrogen-bond acceptors (Lipinski definition) is 4. The average Bonchev–Trinajstić information content (AvgIpc) is 3.08. The lowest BCUT2D eigenvalue weighted by Crippen LogP contribution is -2.49. The highest BCUT2D eigenvalue weighted by molar-refractivity contribution is 7.89. The monoisotopic (exact) mass is 462 g/mol. The number of para-hydroxylation sites is 1. The van der Waals surface area contributed by atoms with Gasteiger partial charge < -0.3 is 14.8 Å². The zero-order valence-electron chi connectivity index (χ0n) is 18.9. The maximum atomic E-state index is 14.1. The molecular weight excluding hydrogens is 431 g/mol. The molecule has 7 nitrogen and oxygen atoms in total. The molecule has 4 rings (SSSR count). The van der Waals surface area contributed by atoms with Gasteiger partial charge in [0.1, 0.15) is 16.4 Å². The third-order valence-electron chi connectivity index (χ3n) is 6.68. The molecule has 1 amide bonds. The minimum absolute atomic E-state index is 0.215. The number of aryl methyl sites for hydroxylation is 1. The summed E-state index contributed by atoms with van der Waals surface area (Å²) in [5.74, 6) is 0.0348. The minimum Gasteiger partial charge on any atom is -0.366 e. The number of piperidine rings is 1. The van der Waals surface area contributed by atoms with E-state index in [4.69, 9.17) is 0 Å². The van der Waals surface area contributed by atoms with Gasteiger partial charge in [-0.05, 0) is 50.3 Å². The van der Waals surface area contributed by atoms with Crippen LogP contribution >= 0.6 is 0 Å². The lowest BCUT2D eigenvalue weighted by atomic mass is 10.0. The molecule has 2 aromatic rings. The van der Waals surface area contributed by atoms with E-state index in [2.05, 4.69) is 11.9 Å². The van der Waals surface area contributed by atoms with Gasteiger partial charge in [0.25, 0.3) is 5.91 Å². The summed E-state index contributed by atoms with van der Waals surface area (Å²) < 4.78 is 42.3. The lowest BCUT2D eigenvalue weighted by molar-refractivity contribution is 0.0740. The van der Waals surface area contributed by atoms with Gasteiger partial charge in [-0.3, -0.25) is 4.79 Å². The van der Waals surface area contributed by atoms with Crippen molar-refractivity contribution in [1.29, 1.82) is 0 Å². The van der Waals surface area contributed by atoms with Crippen molar-refractivity contribution < 1.29 is 17.6 Å². The second-order valence-corrected chi connectivity index (χ2v) is 10.8. The third-order valence-corrected chi connectivity index (χ3v) is 8.86. The van der Waals surface area contributed by atoms with Gasteiger partial charge in [0.2, 0.25) is 10.0 Å². The van der Waals surface area contributed by atoms with Crippen molar-refractivity contribution in [3.05, 3.63) is 47.0 Å². The van der Waals surface area contributed by atoms with E-state index in [1.165, 1.54) is 10.4 Å². The van der Waals surface area contributed by atoms with Crippen molar-refractivity contribution in [3.63, 3.8) is 0 Å². The number of amides is 1. The zero-order chi connectivity index (χ0) is 23.0. The Morgan fingerprint density at radius 1 is 1.03 bits per heavy atom. The Bertz CT molecular complexity index is 1100. The highest BCUT2D eigenvalue weighted by atomic mass is 32.2. The summed E-state index contributed by atoms with van der Waals surface area (Å²) in [5, 5.41) is 0. The molecule has 1 aromatic heterocycles. The van der Waals surface area contributed by atoms with Crippen molar-refractivity contribution in [2.75, 3.05) is 44.2 Å². The molecule has 0 radical (unpaired) electrons. The van der Waals surface area contributed by atoms with Gasteiger partial charge in [-0.25, -0.2) is 12.8 Å². The molecule has 3 heterocycles. The standard InChI is InChI=1S/C23H31FN4O3S/c1-16-8-10-28(11-9-16)32(30,31)22-17(2)21(25-18(22)3)23(29)27-14-12-26(13-15-27)20-7-5-4-6-19(20)24/h4-7,16,25H,8-15H2,1-3H3. The van der Waals surface area contributed by atoms with E-state index in [9.17, 15) is 17.6 Å². The molecule has 1 aromatic carbocycles. The Balaban J connectivity index is 1.50.